The fourth-order valence-electron chi connectivity index (χ4n) is 3.20. The summed E-state index contributed by atoms with van der Waals surface area (Å²) in [7, 11) is 0. The third kappa shape index (κ3) is 4.13. The third-order valence-electron chi connectivity index (χ3n) is 4.68. The van der Waals surface area contributed by atoms with Gasteiger partial charge < -0.3 is 19.3 Å². The highest BCUT2D eigenvalue weighted by molar-refractivity contribution is 5.92. The van der Waals surface area contributed by atoms with Crippen molar-refractivity contribution in [2.75, 3.05) is 44.3 Å². The monoisotopic (exact) mass is 370 g/mol. The van der Waals surface area contributed by atoms with Crippen molar-refractivity contribution in [3.63, 3.8) is 0 Å². The number of rotatable bonds is 4. The number of nitrogens with zero attached hydrogens (tertiary/aromatic N) is 6. The number of amides is 1. The smallest absolute Gasteiger partial charge is 0.274 e. The van der Waals surface area contributed by atoms with E-state index in [1.54, 1.807) is 11.1 Å². The Morgan fingerprint density at radius 1 is 1.15 bits per heavy atom. The van der Waals surface area contributed by atoms with Gasteiger partial charge in [-0.25, -0.2) is 15.0 Å². The summed E-state index contributed by atoms with van der Waals surface area (Å²) in [5.41, 5.74) is 1.15. The molecule has 0 spiro atoms. The Bertz CT molecular complexity index is 794. The van der Waals surface area contributed by atoms with Crippen LogP contribution in [0, 0.1) is 6.92 Å². The first-order valence-electron chi connectivity index (χ1n) is 9.08. The van der Waals surface area contributed by atoms with E-state index in [9.17, 15) is 4.79 Å². The second kappa shape index (κ2) is 7.83. The molecule has 2 aromatic rings. The summed E-state index contributed by atoms with van der Waals surface area (Å²) >= 11 is 0. The molecule has 1 amide bonds. The van der Waals surface area contributed by atoms with E-state index in [-0.39, 0.29) is 12.0 Å². The van der Waals surface area contributed by atoms with Crippen molar-refractivity contribution in [1.29, 1.82) is 0 Å². The molecule has 2 aromatic heterocycles. The molecule has 1 unspecified atom stereocenters. The molecule has 0 saturated carbocycles. The van der Waals surface area contributed by atoms with Crippen molar-refractivity contribution in [2.24, 2.45) is 0 Å². The molecule has 0 N–H and O–H groups in total. The largest absolute Gasteiger partial charge is 0.472 e. The van der Waals surface area contributed by atoms with E-state index >= 15 is 0 Å². The van der Waals surface area contributed by atoms with E-state index in [0.717, 1.165) is 31.0 Å². The van der Waals surface area contributed by atoms with Crippen LogP contribution in [0.4, 0.5) is 5.82 Å². The Hall–Kier alpha value is -2.81. The maximum Gasteiger partial charge on any atom is 0.274 e. The van der Waals surface area contributed by atoms with Gasteiger partial charge in [0, 0.05) is 38.3 Å². The van der Waals surface area contributed by atoms with Gasteiger partial charge in [0.25, 0.3) is 5.91 Å². The summed E-state index contributed by atoms with van der Waals surface area (Å²) in [6.07, 6.45) is 5.29. The number of likely N-dealkylation sites (tertiary alicyclic amines) is 1. The quantitative estimate of drug-likeness (QED) is 0.777. The molecule has 0 radical (unpaired) electrons. The van der Waals surface area contributed by atoms with E-state index in [4.69, 9.17) is 9.47 Å². The van der Waals surface area contributed by atoms with Crippen LogP contribution in [-0.4, -0.2) is 76.2 Å². The molecular formula is C18H22N6O3. The number of hydrogen-bond acceptors (Lipinski definition) is 8. The number of ether oxygens (including phenoxy) is 2. The highest BCUT2D eigenvalue weighted by Crippen LogP contribution is 2.21. The van der Waals surface area contributed by atoms with E-state index in [1.165, 1.54) is 12.5 Å². The average Bonchev–Trinajstić information content (AvgIpc) is 3.17. The van der Waals surface area contributed by atoms with Gasteiger partial charge in [-0.3, -0.25) is 9.78 Å². The van der Waals surface area contributed by atoms with Gasteiger partial charge in [-0.05, 0) is 6.92 Å². The van der Waals surface area contributed by atoms with Crippen molar-refractivity contribution >= 4 is 11.7 Å². The van der Waals surface area contributed by atoms with E-state index in [1.807, 2.05) is 13.0 Å². The van der Waals surface area contributed by atoms with Crippen LogP contribution in [-0.2, 0) is 4.74 Å². The summed E-state index contributed by atoms with van der Waals surface area (Å²) in [4.78, 5) is 33.3. The second-order valence-electron chi connectivity index (χ2n) is 6.64. The Morgan fingerprint density at radius 2 is 2.00 bits per heavy atom. The molecule has 1 atom stereocenters. The van der Waals surface area contributed by atoms with E-state index in [2.05, 4.69) is 24.8 Å². The molecule has 0 aliphatic carbocycles. The summed E-state index contributed by atoms with van der Waals surface area (Å²) in [5.74, 6) is 1.25. The normalized spacial score (nSPS) is 20.0. The number of hydrogen-bond donors (Lipinski definition) is 0. The molecule has 2 aliphatic rings. The highest BCUT2D eigenvalue weighted by atomic mass is 16.5. The van der Waals surface area contributed by atoms with Gasteiger partial charge in [0.15, 0.2) is 0 Å². The fourth-order valence-corrected chi connectivity index (χ4v) is 3.20. The zero-order valence-electron chi connectivity index (χ0n) is 15.2. The predicted molar refractivity (Wildman–Crippen MR) is 96.8 cm³/mol. The van der Waals surface area contributed by atoms with E-state index < -0.39 is 0 Å². The number of anilines is 1. The minimum absolute atomic E-state index is 0.0974. The van der Waals surface area contributed by atoms with Crippen molar-refractivity contribution in [1.82, 2.24) is 24.8 Å². The number of carbonyl (C=O) groups excluding carboxylic acids is 1. The number of morpholine rings is 1. The van der Waals surface area contributed by atoms with Crippen LogP contribution in [0.15, 0.2) is 24.8 Å². The molecular weight excluding hydrogens is 348 g/mol. The lowest BCUT2D eigenvalue weighted by Gasteiger charge is -2.27. The molecule has 9 heteroatoms. The molecule has 27 heavy (non-hydrogen) atoms. The first kappa shape index (κ1) is 17.6. The molecule has 4 rings (SSSR count). The minimum Gasteiger partial charge on any atom is -0.472 e. The van der Waals surface area contributed by atoms with Crippen LogP contribution in [0.2, 0.25) is 0 Å². The molecule has 9 nitrogen and oxygen atoms in total. The lowest BCUT2D eigenvalue weighted by Crippen LogP contribution is -2.36. The van der Waals surface area contributed by atoms with Crippen LogP contribution in [0.25, 0.3) is 0 Å². The Balaban J connectivity index is 1.37. The zero-order valence-corrected chi connectivity index (χ0v) is 15.2. The van der Waals surface area contributed by atoms with Gasteiger partial charge in [0.1, 0.15) is 23.9 Å². The van der Waals surface area contributed by atoms with Crippen LogP contribution in [0.1, 0.15) is 22.6 Å². The Labute approximate surface area is 157 Å². The zero-order chi connectivity index (χ0) is 18.6. The molecule has 0 aromatic carbocycles. The minimum atomic E-state index is -0.120. The number of aryl methyl sites for hydroxylation is 1. The Morgan fingerprint density at radius 3 is 2.78 bits per heavy atom. The van der Waals surface area contributed by atoms with Crippen LogP contribution < -0.4 is 9.64 Å². The van der Waals surface area contributed by atoms with Gasteiger partial charge in [-0.15, -0.1) is 0 Å². The lowest BCUT2D eigenvalue weighted by atomic mass is 10.3. The Kier molecular flexibility index (Phi) is 5.10. The molecule has 2 fully saturated rings. The molecule has 2 aliphatic heterocycles. The summed E-state index contributed by atoms with van der Waals surface area (Å²) < 4.78 is 11.4. The fraction of sp³-hybridized carbons (Fsp3) is 0.500. The van der Waals surface area contributed by atoms with Gasteiger partial charge >= 0.3 is 0 Å². The first-order chi connectivity index (χ1) is 13.2. The number of carbonyl (C=O) groups is 1. The number of aromatic nitrogens is 4. The van der Waals surface area contributed by atoms with Crippen molar-refractivity contribution in [3.8, 4) is 5.88 Å². The van der Waals surface area contributed by atoms with Gasteiger partial charge in [0.05, 0.1) is 31.6 Å². The molecule has 0 bridgehead atoms. The third-order valence-corrected chi connectivity index (χ3v) is 4.68. The lowest BCUT2D eigenvalue weighted by molar-refractivity contribution is 0.0765. The maximum atomic E-state index is 12.5. The summed E-state index contributed by atoms with van der Waals surface area (Å²) in [6, 6.07) is 1.85. The summed E-state index contributed by atoms with van der Waals surface area (Å²) in [5, 5.41) is 0. The topological polar surface area (TPSA) is 93.6 Å². The second-order valence-corrected chi connectivity index (χ2v) is 6.64. The van der Waals surface area contributed by atoms with Gasteiger partial charge in [-0.2, -0.15) is 0 Å². The average molecular weight is 370 g/mol. The van der Waals surface area contributed by atoms with Crippen molar-refractivity contribution < 1.29 is 14.3 Å². The summed E-state index contributed by atoms with van der Waals surface area (Å²) in [6.45, 7) is 5.97. The first-order valence-corrected chi connectivity index (χ1v) is 9.08. The molecule has 142 valence electrons. The maximum absolute atomic E-state index is 12.5. The predicted octanol–water partition coefficient (Wildman–Crippen LogP) is 0.705. The van der Waals surface area contributed by atoms with Crippen molar-refractivity contribution in [2.45, 2.75) is 19.4 Å². The van der Waals surface area contributed by atoms with Crippen LogP contribution >= 0.6 is 0 Å². The van der Waals surface area contributed by atoms with E-state index in [0.29, 0.717) is 37.9 Å². The van der Waals surface area contributed by atoms with Crippen molar-refractivity contribution in [3.05, 3.63) is 36.2 Å². The standard InChI is InChI=1S/C18H22N6O3/c1-13-9-20-15(10-19-13)18(25)24-3-2-14(11-24)27-17-8-16(21-12-22-17)23-4-6-26-7-5-23/h8-10,12,14H,2-7,11H2,1H3. The highest BCUT2D eigenvalue weighted by Gasteiger charge is 2.29. The molecule has 2 saturated heterocycles. The van der Waals surface area contributed by atoms with Gasteiger partial charge in [-0.1, -0.05) is 0 Å². The molecule has 4 heterocycles. The SMILES string of the molecule is Cc1cnc(C(=O)N2CCC(Oc3cc(N4CCOCC4)ncn3)C2)cn1. The van der Waals surface area contributed by atoms with Crippen LogP contribution in [0.5, 0.6) is 5.88 Å². The van der Waals surface area contributed by atoms with Gasteiger partial charge in [0.2, 0.25) is 5.88 Å². The van der Waals surface area contributed by atoms with Crippen LogP contribution in [0.3, 0.4) is 0 Å².